The van der Waals surface area contributed by atoms with Crippen molar-refractivity contribution >= 4 is 5.91 Å². The lowest BCUT2D eigenvalue weighted by atomic mass is 10.0. The summed E-state index contributed by atoms with van der Waals surface area (Å²) in [6.07, 6.45) is 1.48. The van der Waals surface area contributed by atoms with Crippen LogP contribution in [0.2, 0.25) is 0 Å². The molecule has 0 aromatic carbocycles. The molecule has 1 aromatic heterocycles. The van der Waals surface area contributed by atoms with Crippen LogP contribution < -0.4 is 5.32 Å². The summed E-state index contributed by atoms with van der Waals surface area (Å²) in [6.45, 7) is 3.97. The number of furan rings is 1. The van der Waals surface area contributed by atoms with Crippen LogP contribution in [0.1, 0.15) is 19.6 Å². The maximum atomic E-state index is 11.2. The van der Waals surface area contributed by atoms with Crippen molar-refractivity contribution in [1.82, 2.24) is 5.32 Å². The van der Waals surface area contributed by atoms with Gasteiger partial charge in [-0.2, -0.15) is 0 Å². The van der Waals surface area contributed by atoms with E-state index < -0.39 is 5.60 Å². The zero-order valence-corrected chi connectivity index (χ0v) is 9.53. The normalized spacial score (nSPS) is 14.4. The van der Waals surface area contributed by atoms with Gasteiger partial charge in [0.05, 0.1) is 12.8 Å². The Morgan fingerprint density at radius 2 is 2.44 bits per heavy atom. The molecule has 1 atom stereocenters. The van der Waals surface area contributed by atoms with Gasteiger partial charge in [-0.3, -0.25) is 4.79 Å². The molecule has 0 spiro atoms. The number of rotatable bonds is 6. The molecule has 2 N–H and O–H groups in total. The average Bonchev–Trinajstić information content (AvgIpc) is 2.77. The molecule has 1 unspecified atom stereocenters. The average molecular weight is 227 g/mol. The maximum absolute atomic E-state index is 11.2. The predicted molar refractivity (Wildman–Crippen MR) is 57.8 cm³/mol. The second kappa shape index (κ2) is 5.67. The summed E-state index contributed by atoms with van der Waals surface area (Å²) in [4.78, 5) is 11.2. The van der Waals surface area contributed by atoms with Crippen molar-refractivity contribution in [3.8, 4) is 0 Å². The molecular weight excluding hydrogens is 210 g/mol. The SMILES string of the molecule is CCOCC(=O)NCC(C)(O)c1ccco1. The molecule has 0 aliphatic rings. The van der Waals surface area contributed by atoms with Crippen molar-refractivity contribution in [3.05, 3.63) is 24.2 Å². The molecule has 0 fully saturated rings. The van der Waals surface area contributed by atoms with Crippen molar-refractivity contribution in [1.29, 1.82) is 0 Å². The Morgan fingerprint density at radius 1 is 1.69 bits per heavy atom. The van der Waals surface area contributed by atoms with Crippen molar-refractivity contribution < 1.29 is 19.1 Å². The molecule has 0 saturated heterocycles. The molecule has 1 heterocycles. The van der Waals surface area contributed by atoms with Gasteiger partial charge in [0.1, 0.15) is 18.0 Å². The summed E-state index contributed by atoms with van der Waals surface area (Å²) in [5, 5.41) is 12.6. The molecule has 1 aromatic rings. The van der Waals surface area contributed by atoms with Crippen LogP contribution in [0.4, 0.5) is 0 Å². The van der Waals surface area contributed by atoms with E-state index in [0.717, 1.165) is 0 Å². The number of aliphatic hydroxyl groups is 1. The van der Waals surface area contributed by atoms with Crippen LogP contribution in [-0.2, 0) is 15.1 Å². The molecule has 16 heavy (non-hydrogen) atoms. The van der Waals surface area contributed by atoms with E-state index in [2.05, 4.69) is 5.32 Å². The molecule has 5 nitrogen and oxygen atoms in total. The summed E-state index contributed by atoms with van der Waals surface area (Å²) in [5.41, 5.74) is -1.20. The monoisotopic (exact) mass is 227 g/mol. The van der Waals surface area contributed by atoms with E-state index >= 15 is 0 Å². The summed E-state index contributed by atoms with van der Waals surface area (Å²) < 4.78 is 10.0. The number of nitrogens with one attached hydrogen (secondary N) is 1. The van der Waals surface area contributed by atoms with Gasteiger partial charge in [0, 0.05) is 6.61 Å². The largest absolute Gasteiger partial charge is 0.466 e. The predicted octanol–water partition coefficient (Wildman–Crippen LogP) is 0.640. The number of carbonyl (C=O) groups excluding carboxylic acids is 1. The second-order valence-electron chi connectivity index (χ2n) is 3.67. The zero-order chi connectivity index (χ0) is 12.0. The molecule has 0 aliphatic carbocycles. The van der Waals surface area contributed by atoms with Crippen molar-refractivity contribution in [2.75, 3.05) is 19.8 Å². The molecular formula is C11H17NO4. The van der Waals surface area contributed by atoms with Gasteiger partial charge >= 0.3 is 0 Å². The topological polar surface area (TPSA) is 71.7 Å². The van der Waals surface area contributed by atoms with Crippen LogP contribution in [0.15, 0.2) is 22.8 Å². The Morgan fingerprint density at radius 3 is 3.00 bits per heavy atom. The molecule has 0 radical (unpaired) electrons. The number of amides is 1. The lowest BCUT2D eigenvalue weighted by Gasteiger charge is -2.21. The van der Waals surface area contributed by atoms with Gasteiger partial charge in [-0.25, -0.2) is 0 Å². The van der Waals surface area contributed by atoms with Crippen LogP contribution in [0, 0.1) is 0 Å². The standard InChI is InChI=1S/C11H17NO4/c1-3-15-7-10(13)12-8-11(2,14)9-5-4-6-16-9/h4-6,14H,3,7-8H2,1-2H3,(H,12,13). The fourth-order valence-electron chi connectivity index (χ4n) is 1.19. The minimum Gasteiger partial charge on any atom is -0.466 e. The zero-order valence-electron chi connectivity index (χ0n) is 9.53. The first-order valence-electron chi connectivity index (χ1n) is 5.17. The first kappa shape index (κ1) is 12.7. The van der Waals surface area contributed by atoms with E-state index in [4.69, 9.17) is 9.15 Å². The van der Waals surface area contributed by atoms with Gasteiger partial charge in [0.25, 0.3) is 0 Å². The molecule has 0 saturated carbocycles. The van der Waals surface area contributed by atoms with Crippen molar-refractivity contribution in [2.45, 2.75) is 19.4 Å². The van der Waals surface area contributed by atoms with Gasteiger partial charge in [0.15, 0.2) is 0 Å². The highest BCUT2D eigenvalue weighted by Crippen LogP contribution is 2.19. The molecule has 90 valence electrons. The van der Waals surface area contributed by atoms with E-state index in [1.54, 1.807) is 19.1 Å². The fourth-order valence-corrected chi connectivity index (χ4v) is 1.19. The maximum Gasteiger partial charge on any atom is 0.246 e. The lowest BCUT2D eigenvalue weighted by Crippen LogP contribution is -2.39. The van der Waals surface area contributed by atoms with Gasteiger partial charge in [0.2, 0.25) is 5.91 Å². The lowest BCUT2D eigenvalue weighted by molar-refractivity contribution is -0.126. The third-order valence-corrected chi connectivity index (χ3v) is 2.12. The third kappa shape index (κ3) is 3.67. The van der Waals surface area contributed by atoms with Crippen LogP contribution in [0.25, 0.3) is 0 Å². The van der Waals surface area contributed by atoms with Gasteiger partial charge in [-0.05, 0) is 26.0 Å². The van der Waals surface area contributed by atoms with E-state index in [9.17, 15) is 9.90 Å². The van der Waals surface area contributed by atoms with E-state index in [1.807, 2.05) is 6.92 Å². The van der Waals surface area contributed by atoms with Gasteiger partial charge in [-0.15, -0.1) is 0 Å². The Bertz CT molecular complexity index is 319. The first-order valence-corrected chi connectivity index (χ1v) is 5.17. The van der Waals surface area contributed by atoms with Crippen molar-refractivity contribution in [2.24, 2.45) is 0 Å². The van der Waals surface area contributed by atoms with Gasteiger partial charge in [-0.1, -0.05) is 0 Å². The number of hydrogen-bond acceptors (Lipinski definition) is 4. The second-order valence-corrected chi connectivity index (χ2v) is 3.67. The van der Waals surface area contributed by atoms with Gasteiger partial charge < -0.3 is 19.6 Å². The molecule has 0 bridgehead atoms. The minimum absolute atomic E-state index is 0.00470. The van der Waals surface area contributed by atoms with Crippen LogP contribution in [0.5, 0.6) is 0 Å². The van der Waals surface area contributed by atoms with Crippen LogP contribution in [-0.4, -0.2) is 30.8 Å². The van der Waals surface area contributed by atoms with E-state index in [-0.39, 0.29) is 19.1 Å². The quantitative estimate of drug-likeness (QED) is 0.748. The number of carbonyl (C=O) groups is 1. The van der Waals surface area contributed by atoms with Crippen molar-refractivity contribution in [3.63, 3.8) is 0 Å². The molecule has 1 amide bonds. The van der Waals surface area contributed by atoms with E-state index in [0.29, 0.717) is 12.4 Å². The first-order chi connectivity index (χ1) is 7.56. The Labute approximate surface area is 94.4 Å². The molecule has 1 rings (SSSR count). The summed E-state index contributed by atoms with van der Waals surface area (Å²) >= 11 is 0. The third-order valence-electron chi connectivity index (χ3n) is 2.12. The van der Waals surface area contributed by atoms with Crippen LogP contribution >= 0.6 is 0 Å². The summed E-state index contributed by atoms with van der Waals surface area (Å²) in [7, 11) is 0. The molecule has 5 heteroatoms. The number of ether oxygens (including phenoxy) is 1. The highest BCUT2D eigenvalue weighted by Gasteiger charge is 2.26. The number of hydrogen-bond donors (Lipinski definition) is 2. The highest BCUT2D eigenvalue weighted by atomic mass is 16.5. The summed E-state index contributed by atoms with van der Waals surface area (Å²) in [6, 6.07) is 3.35. The van der Waals surface area contributed by atoms with Crippen LogP contribution in [0.3, 0.4) is 0 Å². The molecule has 0 aliphatic heterocycles. The highest BCUT2D eigenvalue weighted by molar-refractivity contribution is 5.77. The minimum atomic E-state index is -1.20. The Kier molecular flexibility index (Phi) is 4.52. The summed E-state index contributed by atoms with van der Waals surface area (Å²) in [5.74, 6) is 0.165. The Balaban J connectivity index is 2.39. The Hall–Kier alpha value is -1.33. The fraction of sp³-hybridized carbons (Fsp3) is 0.545. The van der Waals surface area contributed by atoms with E-state index in [1.165, 1.54) is 6.26 Å². The smallest absolute Gasteiger partial charge is 0.246 e.